The smallest absolute Gasteiger partial charge is 0.253 e. The van der Waals surface area contributed by atoms with Crippen LogP contribution >= 0.6 is 0 Å². The number of amides is 2. The molecule has 0 aliphatic carbocycles. The third-order valence-corrected chi connectivity index (χ3v) is 5.50. The van der Waals surface area contributed by atoms with Gasteiger partial charge in [-0.05, 0) is 42.7 Å². The maximum atomic E-state index is 12.8. The fraction of sp³-hybridized carbons (Fsp3) is 0.450. The predicted molar refractivity (Wildman–Crippen MR) is 103 cm³/mol. The van der Waals surface area contributed by atoms with Crippen LogP contribution < -0.4 is 10.6 Å². The number of hydrogen-bond donors (Lipinski definition) is 2. The fourth-order valence-electron chi connectivity index (χ4n) is 3.97. The van der Waals surface area contributed by atoms with E-state index < -0.39 is 0 Å². The molecule has 3 heterocycles. The van der Waals surface area contributed by atoms with Crippen molar-refractivity contribution in [1.29, 1.82) is 0 Å². The van der Waals surface area contributed by atoms with Gasteiger partial charge in [-0.15, -0.1) is 0 Å². The molecule has 0 radical (unpaired) electrons. The number of nitrogens with zero attached hydrogens (tertiary/aromatic N) is 3. The van der Waals surface area contributed by atoms with Crippen LogP contribution in [0, 0.1) is 5.92 Å². The van der Waals surface area contributed by atoms with Crippen LogP contribution in [0.5, 0.6) is 0 Å². The summed E-state index contributed by atoms with van der Waals surface area (Å²) in [4.78, 5) is 27.1. The van der Waals surface area contributed by atoms with Crippen LogP contribution in [0.1, 0.15) is 34.7 Å². The Kier molecular flexibility index (Phi) is 4.94. The number of nitrogens with one attached hydrogen (secondary N) is 2. The van der Waals surface area contributed by atoms with Crippen molar-refractivity contribution in [2.75, 3.05) is 31.5 Å². The quantitative estimate of drug-likeness (QED) is 0.860. The summed E-state index contributed by atoms with van der Waals surface area (Å²) in [7, 11) is 1.88. The molecule has 2 aromatic rings. The van der Waals surface area contributed by atoms with Crippen LogP contribution in [0.15, 0.2) is 36.7 Å². The van der Waals surface area contributed by atoms with E-state index in [1.54, 1.807) is 16.8 Å². The maximum Gasteiger partial charge on any atom is 0.253 e. The van der Waals surface area contributed by atoms with Gasteiger partial charge in [-0.3, -0.25) is 14.3 Å². The van der Waals surface area contributed by atoms with E-state index in [0.29, 0.717) is 12.1 Å². The Bertz CT molecular complexity index is 823. The normalized spacial score (nSPS) is 22.2. The Hall–Kier alpha value is -2.67. The van der Waals surface area contributed by atoms with Gasteiger partial charge in [-0.25, -0.2) is 0 Å². The molecule has 0 bridgehead atoms. The first-order valence-corrected chi connectivity index (χ1v) is 9.51. The van der Waals surface area contributed by atoms with Gasteiger partial charge in [0.1, 0.15) is 0 Å². The minimum Gasteiger partial charge on any atom is -0.339 e. The van der Waals surface area contributed by atoms with E-state index in [4.69, 9.17) is 0 Å². The molecule has 2 saturated heterocycles. The van der Waals surface area contributed by atoms with Gasteiger partial charge in [-0.2, -0.15) is 5.10 Å². The highest BCUT2D eigenvalue weighted by Gasteiger charge is 2.34. The molecule has 7 heteroatoms. The number of anilines is 1. The molecule has 1 aromatic carbocycles. The van der Waals surface area contributed by atoms with Gasteiger partial charge in [-0.1, -0.05) is 0 Å². The Morgan fingerprint density at radius 1 is 1.15 bits per heavy atom. The molecule has 27 heavy (non-hydrogen) atoms. The Morgan fingerprint density at radius 2 is 1.89 bits per heavy atom. The Labute approximate surface area is 158 Å². The summed E-state index contributed by atoms with van der Waals surface area (Å²) in [5, 5.41) is 10.5. The zero-order valence-corrected chi connectivity index (χ0v) is 15.5. The lowest BCUT2D eigenvalue weighted by Gasteiger charge is -2.18. The second kappa shape index (κ2) is 7.52. The van der Waals surface area contributed by atoms with Crippen molar-refractivity contribution in [3.8, 4) is 0 Å². The van der Waals surface area contributed by atoms with Gasteiger partial charge in [0.2, 0.25) is 5.91 Å². The van der Waals surface area contributed by atoms with Gasteiger partial charge < -0.3 is 15.5 Å². The first-order chi connectivity index (χ1) is 13.1. The lowest BCUT2D eigenvalue weighted by molar-refractivity contribution is -0.119. The SMILES string of the molecule is Cn1cc([C@H]2CNC[C@@H]2C(=O)Nc2ccc(C(=O)N3CCCC3)cc2)cn1. The standard InChI is InChI=1S/C20H25N5O2/c1-24-13-15(10-22-24)17-11-21-12-18(17)19(26)23-16-6-4-14(5-7-16)20(27)25-8-2-3-9-25/h4-7,10,13,17-18,21H,2-3,8-9,11-12H2,1H3,(H,23,26)/t17-,18+/m1/s1. The number of carbonyl (C=O) groups is 2. The van der Waals surface area contributed by atoms with Gasteiger partial charge >= 0.3 is 0 Å². The Morgan fingerprint density at radius 3 is 2.56 bits per heavy atom. The first-order valence-electron chi connectivity index (χ1n) is 9.51. The molecule has 142 valence electrons. The number of benzene rings is 1. The lowest BCUT2D eigenvalue weighted by atomic mass is 9.90. The molecule has 2 aliphatic rings. The molecule has 2 amide bonds. The van der Waals surface area contributed by atoms with Crippen LogP contribution in [-0.2, 0) is 11.8 Å². The number of aryl methyl sites for hydroxylation is 1. The van der Waals surface area contributed by atoms with Gasteiger partial charge in [0.15, 0.2) is 0 Å². The molecule has 0 unspecified atom stereocenters. The van der Waals surface area contributed by atoms with Crippen molar-refractivity contribution in [2.45, 2.75) is 18.8 Å². The summed E-state index contributed by atoms with van der Waals surface area (Å²) in [6.45, 7) is 3.09. The van der Waals surface area contributed by atoms with E-state index in [2.05, 4.69) is 15.7 Å². The van der Waals surface area contributed by atoms with Gasteiger partial charge in [0.05, 0.1) is 12.1 Å². The molecular formula is C20H25N5O2. The molecule has 0 saturated carbocycles. The second-order valence-electron chi connectivity index (χ2n) is 7.38. The first kappa shape index (κ1) is 17.7. The molecule has 2 atom stereocenters. The van der Waals surface area contributed by atoms with E-state index >= 15 is 0 Å². The minimum atomic E-state index is -0.139. The van der Waals surface area contributed by atoms with Crippen LogP contribution in [0.3, 0.4) is 0 Å². The fourth-order valence-corrected chi connectivity index (χ4v) is 3.97. The van der Waals surface area contributed by atoms with Crippen LogP contribution in [0.25, 0.3) is 0 Å². The van der Waals surface area contributed by atoms with E-state index in [1.807, 2.05) is 36.5 Å². The number of likely N-dealkylation sites (tertiary alicyclic amines) is 1. The highest BCUT2D eigenvalue weighted by Crippen LogP contribution is 2.29. The molecule has 4 rings (SSSR count). The average Bonchev–Trinajstić information content (AvgIpc) is 3.42. The van der Waals surface area contributed by atoms with Crippen LogP contribution in [-0.4, -0.2) is 52.7 Å². The molecule has 1 aromatic heterocycles. The average molecular weight is 367 g/mol. The zero-order valence-electron chi connectivity index (χ0n) is 15.5. The lowest BCUT2D eigenvalue weighted by Crippen LogP contribution is -2.28. The highest BCUT2D eigenvalue weighted by atomic mass is 16.2. The van der Waals surface area contributed by atoms with Crippen molar-refractivity contribution < 1.29 is 9.59 Å². The molecule has 0 spiro atoms. The van der Waals surface area contributed by atoms with E-state index in [0.717, 1.165) is 43.7 Å². The number of carbonyl (C=O) groups excluding carboxylic acids is 2. The van der Waals surface area contributed by atoms with Crippen LogP contribution in [0.4, 0.5) is 5.69 Å². The monoisotopic (exact) mass is 367 g/mol. The van der Waals surface area contributed by atoms with Gasteiger partial charge in [0.25, 0.3) is 5.91 Å². The topological polar surface area (TPSA) is 79.3 Å². The molecule has 2 N–H and O–H groups in total. The van der Waals surface area contributed by atoms with Crippen molar-refractivity contribution >= 4 is 17.5 Å². The molecule has 2 fully saturated rings. The largest absolute Gasteiger partial charge is 0.339 e. The molecular weight excluding hydrogens is 342 g/mol. The van der Waals surface area contributed by atoms with E-state index in [1.165, 1.54) is 0 Å². The van der Waals surface area contributed by atoms with Gasteiger partial charge in [0, 0.05) is 56.6 Å². The Balaban J connectivity index is 1.41. The summed E-state index contributed by atoms with van der Waals surface area (Å²) in [5.41, 5.74) is 2.47. The number of hydrogen-bond acceptors (Lipinski definition) is 4. The predicted octanol–water partition coefficient (Wildman–Crippen LogP) is 1.60. The minimum absolute atomic E-state index is 0.00697. The second-order valence-corrected chi connectivity index (χ2v) is 7.38. The summed E-state index contributed by atoms with van der Waals surface area (Å²) >= 11 is 0. The summed E-state index contributed by atoms with van der Waals surface area (Å²) in [6, 6.07) is 7.20. The van der Waals surface area contributed by atoms with Crippen molar-refractivity contribution in [3.05, 3.63) is 47.8 Å². The van der Waals surface area contributed by atoms with E-state index in [-0.39, 0.29) is 23.7 Å². The highest BCUT2D eigenvalue weighted by molar-refractivity contribution is 5.96. The summed E-state index contributed by atoms with van der Waals surface area (Å²) < 4.78 is 1.76. The summed E-state index contributed by atoms with van der Waals surface area (Å²) in [5.74, 6) is 0.0457. The van der Waals surface area contributed by atoms with Crippen molar-refractivity contribution in [3.63, 3.8) is 0 Å². The van der Waals surface area contributed by atoms with Crippen molar-refractivity contribution in [2.24, 2.45) is 13.0 Å². The van der Waals surface area contributed by atoms with Crippen LogP contribution in [0.2, 0.25) is 0 Å². The summed E-state index contributed by atoms with van der Waals surface area (Å²) in [6.07, 6.45) is 5.95. The maximum absolute atomic E-state index is 12.8. The zero-order chi connectivity index (χ0) is 18.8. The molecule has 2 aliphatic heterocycles. The van der Waals surface area contributed by atoms with E-state index in [9.17, 15) is 9.59 Å². The number of aromatic nitrogens is 2. The number of rotatable bonds is 4. The third-order valence-electron chi connectivity index (χ3n) is 5.50. The van der Waals surface area contributed by atoms with Crippen molar-refractivity contribution in [1.82, 2.24) is 20.0 Å². The molecule has 7 nitrogen and oxygen atoms in total. The third kappa shape index (κ3) is 3.73.